The van der Waals surface area contributed by atoms with Crippen LogP contribution in [0.4, 0.5) is 0 Å². The van der Waals surface area contributed by atoms with Crippen LogP contribution in [0.2, 0.25) is 0 Å². The summed E-state index contributed by atoms with van der Waals surface area (Å²) >= 11 is 0. The summed E-state index contributed by atoms with van der Waals surface area (Å²) in [6.45, 7) is 4.98. The van der Waals surface area contributed by atoms with Crippen LogP contribution in [0.1, 0.15) is 45.1 Å². The SMILES string of the molecule is CCCCOc1c(C(=N)CCC)ccc2c1ccn2C. The van der Waals surface area contributed by atoms with Crippen molar-refractivity contribution in [1.29, 1.82) is 5.41 Å². The first kappa shape index (κ1) is 14.6. The maximum absolute atomic E-state index is 8.25. The highest BCUT2D eigenvalue weighted by atomic mass is 16.5. The van der Waals surface area contributed by atoms with Crippen LogP contribution < -0.4 is 4.74 Å². The topological polar surface area (TPSA) is 38.0 Å². The van der Waals surface area contributed by atoms with Crippen molar-refractivity contribution < 1.29 is 4.74 Å². The maximum Gasteiger partial charge on any atom is 0.137 e. The molecule has 1 aromatic carbocycles. The molecule has 0 radical (unpaired) electrons. The number of nitrogens with zero attached hydrogens (tertiary/aromatic N) is 1. The van der Waals surface area contributed by atoms with Gasteiger partial charge in [-0.25, -0.2) is 0 Å². The van der Waals surface area contributed by atoms with Crippen molar-refractivity contribution >= 4 is 16.6 Å². The van der Waals surface area contributed by atoms with Gasteiger partial charge in [0.25, 0.3) is 0 Å². The third-order valence-electron chi connectivity index (χ3n) is 3.59. The molecule has 0 aliphatic heterocycles. The van der Waals surface area contributed by atoms with E-state index in [4.69, 9.17) is 10.1 Å². The number of benzene rings is 1. The molecular weight excluding hydrogens is 248 g/mol. The van der Waals surface area contributed by atoms with Gasteiger partial charge in [0.2, 0.25) is 0 Å². The van der Waals surface area contributed by atoms with E-state index in [1.807, 2.05) is 19.3 Å². The van der Waals surface area contributed by atoms with Crippen LogP contribution in [0.25, 0.3) is 10.9 Å². The molecule has 1 N–H and O–H groups in total. The zero-order chi connectivity index (χ0) is 14.5. The summed E-state index contributed by atoms with van der Waals surface area (Å²) in [5.41, 5.74) is 2.77. The minimum absolute atomic E-state index is 0.671. The first-order valence-electron chi connectivity index (χ1n) is 7.47. The van der Waals surface area contributed by atoms with Crippen LogP contribution in [0.15, 0.2) is 24.4 Å². The lowest BCUT2D eigenvalue weighted by molar-refractivity contribution is 0.312. The van der Waals surface area contributed by atoms with Gasteiger partial charge in [0.1, 0.15) is 5.75 Å². The van der Waals surface area contributed by atoms with E-state index in [0.717, 1.165) is 54.5 Å². The Balaban J connectivity index is 2.44. The van der Waals surface area contributed by atoms with Crippen molar-refractivity contribution in [2.45, 2.75) is 39.5 Å². The predicted molar refractivity (Wildman–Crippen MR) is 85.1 cm³/mol. The number of fused-ring (bicyclic) bond motifs is 1. The summed E-state index contributed by atoms with van der Waals surface area (Å²) in [5, 5.41) is 9.36. The normalized spacial score (nSPS) is 10.9. The average Bonchev–Trinajstić information content (AvgIpc) is 2.81. The van der Waals surface area contributed by atoms with Crippen LogP contribution >= 0.6 is 0 Å². The number of rotatable bonds is 7. The van der Waals surface area contributed by atoms with Gasteiger partial charge in [-0.1, -0.05) is 26.7 Å². The Kier molecular flexibility index (Phi) is 4.83. The van der Waals surface area contributed by atoms with E-state index in [0.29, 0.717) is 5.71 Å². The van der Waals surface area contributed by atoms with E-state index in [9.17, 15) is 0 Å². The molecule has 1 aromatic heterocycles. The molecule has 2 aromatic rings. The van der Waals surface area contributed by atoms with Crippen molar-refractivity contribution in [3.05, 3.63) is 30.0 Å². The van der Waals surface area contributed by atoms with E-state index in [2.05, 4.69) is 30.5 Å². The maximum atomic E-state index is 8.25. The van der Waals surface area contributed by atoms with Gasteiger partial charge in [-0.2, -0.15) is 0 Å². The van der Waals surface area contributed by atoms with Crippen molar-refractivity contribution in [2.75, 3.05) is 6.61 Å². The lowest BCUT2D eigenvalue weighted by atomic mass is 10.0. The molecule has 0 unspecified atom stereocenters. The second-order valence-electron chi connectivity index (χ2n) is 5.23. The quantitative estimate of drug-likeness (QED) is 0.584. The van der Waals surface area contributed by atoms with Crippen LogP contribution in [0.3, 0.4) is 0 Å². The third kappa shape index (κ3) is 2.87. The van der Waals surface area contributed by atoms with Gasteiger partial charge < -0.3 is 14.7 Å². The average molecular weight is 272 g/mol. The van der Waals surface area contributed by atoms with Crippen LogP contribution in [-0.4, -0.2) is 16.9 Å². The van der Waals surface area contributed by atoms with Gasteiger partial charge in [0, 0.05) is 29.9 Å². The minimum atomic E-state index is 0.671. The van der Waals surface area contributed by atoms with Crippen molar-refractivity contribution in [1.82, 2.24) is 4.57 Å². The standard InChI is InChI=1S/C17H24N2O/c1-4-6-12-20-17-13(15(18)7-5-2)8-9-16-14(17)10-11-19(16)3/h8-11,18H,4-7,12H2,1-3H3. The van der Waals surface area contributed by atoms with Crippen molar-refractivity contribution in [3.8, 4) is 5.75 Å². The summed E-state index contributed by atoms with van der Waals surface area (Å²) in [4.78, 5) is 0. The highest BCUT2D eigenvalue weighted by Gasteiger charge is 2.14. The van der Waals surface area contributed by atoms with Gasteiger partial charge >= 0.3 is 0 Å². The van der Waals surface area contributed by atoms with E-state index >= 15 is 0 Å². The Morgan fingerprint density at radius 3 is 2.70 bits per heavy atom. The fourth-order valence-corrected chi connectivity index (χ4v) is 2.42. The zero-order valence-electron chi connectivity index (χ0n) is 12.7. The molecule has 0 saturated heterocycles. The zero-order valence-corrected chi connectivity index (χ0v) is 12.7. The molecule has 0 spiro atoms. The number of aryl methyl sites for hydroxylation is 1. The van der Waals surface area contributed by atoms with E-state index in [1.165, 1.54) is 0 Å². The highest BCUT2D eigenvalue weighted by Crippen LogP contribution is 2.31. The summed E-state index contributed by atoms with van der Waals surface area (Å²) in [6, 6.07) is 6.20. The molecule has 0 amide bonds. The molecular formula is C17H24N2O. The van der Waals surface area contributed by atoms with Gasteiger partial charge in [-0.3, -0.25) is 0 Å². The molecule has 0 aliphatic rings. The second kappa shape index (κ2) is 6.60. The van der Waals surface area contributed by atoms with Crippen LogP contribution in [0.5, 0.6) is 5.75 Å². The lowest BCUT2D eigenvalue weighted by Gasteiger charge is -2.14. The molecule has 2 rings (SSSR count). The third-order valence-corrected chi connectivity index (χ3v) is 3.59. The molecule has 0 bridgehead atoms. The smallest absolute Gasteiger partial charge is 0.137 e. The first-order valence-corrected chi connectivity index (χ1v) is 7.47. The summed E-state index contributed by atoms with van der Waals surface area (Å²) in [5.74, 6) is 0.884. The largest absolute Gasteiger partial charge is 0.492 e. The Labute approximate surface area is 121 Å². The van der Waals surface area contributed by atoms with E-state index < -0.39 is 0 Å². The summed E-state index contributed by atoms with van der Waals surface area (Å²) < 4.78 is 8.11. The molecule has 3 heteroatoms. The molecule has 0 atom stereocenters. The van der Waals surface area contributed by atoms with Gasteiger partial charge in [-0.15, -0.1) is 0 Å². The van der Waals surface area contributed by atoms with Crippen LogP contribution in [-0.2, 0) is 7.05 Å². The second-order valence-corrected chi connectivity index (χ2v) is 5.23. The molecule has 3 nitrogen and oxygen atoms in total. The van der Waals surface area contributed by atoms with Crippen LogP contribution in [0, 0.1) is 5.41 Å². The van der Waals surface area contributed by atoms with E-state index in [-0.39, 0.29) is 0 Å². The summed E-state index contributed by atoms with van der Waals surface area (Å²) in [7, 11) is 2.04. The van der Waals surface area contributed by atoms with Gasteiger partial charge in [0.15, 0.2) is 0 Å². The number of unbranched alkanes of at least 4 members (excludes halogenated alkanes) is 1. The molecule has 1 heterocycles. The Morgan fingerprint density at radius 1 is 1.20 bits per heavy atom. The first-order chi connectivity index (χ1) is 9.69. The minimum Gasteiger partial charge on any atom is -0.492 e. The monoisotopic (exact) mass is 272 g/mol. The Bertz CT molecular complexity index is 598. The lowest BCUT2D eigenvalue weighted by Crippen LogP contribution is -2.05. The van der Waals surface area contributed by atoms with Gasteiger partial charge in [0.05, 0.1) is 12.1 Å². The van der Waals surface area contributed by atoms with E-state index in [1.54, 1.807) is 0 Å². The number of hydrogen-bond donors (Lipinski definition) is 1. The predicted octanol–water partition coefficient (Wildman–Crippen LogP) is 4.53. The Morgan fingerprint density at radius 2 is 2.00 bits per heavy atom. The molecule has 20 heavy (non-hydrogen) atoms. The number of hydrogen-bond acceptors (Lipinski definition) is 2. The van der Waals surface area contributed by atoms with Crippen molar-refractivity contribution in [3.63, 3.8) is 0 Å². The molecule has 0 saturated carbocycles. The fraction of sp³-hybridized carbons (Fsp3) is 0.471. The fourth-order valence-electron chi connectivity index (χ4n) is 2.42. The van der Waals surface area contributed by atoms with Gasteiger partial charge in [-0.05, 0) is 31.0 Å². The number of aromatic nitrogens is 1. The Hall–Kier alpha value is -1.77. The van der Waals surface area contributed by atoms with Crippen molar-refractivity contribution in [2.24, 2.45) is 7.05 Å². The highest BCUT2D eigenvalue weighted by molar-refractivity contribution is 6.05. The molecule has 0 aliphatic carbocycles. The number of nitrogens with one attached hydrogen (secondary N) is 1. The number of ether oxygens (including phenoxy) is 1. The summed E-state index contributed by atoms with van der Waals surface area (Å²) in [6.07, 6.45) is 5.99. The molecule has 108 valence electrons. The molecule has 0 fully saturated rings.